The summed E-state index contributed by atoms with van der Waals surface area (Å²) in [5.41, 5.74) is 2.28. The van der Waals surface area contributed by atoms with E-state index in [9.17, 15) is 13.6 Å². The maximum Gasteiger partial charge on any atom is 0.319 e. The van der Waals surface area contributed by atoms with Crippen molar-refractivity contribution in [3.8, 4) is 0 Å². The number of hydrogen-bond donors (Lipinski definition) is 2. The van der Waals surface area contributed by atoms with Crippen LogP contribution in [0.3, 0.4) is 0 Å². The molecule has 4 rings (SSSR count). The van der Waals surface area contributed by atoms with E-state index in [-0.39, 0.29) is 17.7 Å². The van der Waals surface area contributed by atoms with Crippen molar-refractivity contribution in [2.24, 2.45) is 5.16 Å². The molecule has 2 aromatic rings. The SMILES string of the molecule is CCCNC(=O)Nc1cc(F)c(C2CCC(=NOC3CCN(c4ncc(CC)cn4)CC3)CC2)cc1F. The fraction of sp³-hybridized carbons (Fsp3) is 0.556. The summed E-state index contributed by atoms with van der Waals surface area (Å²) in [7, 11) is 0. The van der Waals surface area contributed by atoms with Gasteiger partial charge in [0.25, 0.3) is 0 Å². The fourth-order valence-corrected chi connectivity index (χ4v) is 4.73. The number of carbonyl (C=O) groups is 1. The molecule has 0 atom stereocenters. The topological polar surface area (TPSA) is 91.7 Å². The fourth-order valence-electron chi connectivity index (χ4n) is 4.73. The van der Waals surface area contributed by atoms with Crippen LogP contribution in [-0.4, -0.2) is 47.4 Å². The van der Waals surface area contributed by atoms with Crippen LogP contribution >= 0.6 is 0 Å². The summed E-state index contributed by atoms with van der Waals surface area (Å²) in [6.07, 6.45) is 9.89. The summed E-state index contributed by atoms with van der Waals surface area (Å²) in [5, 5.41) is 9.38. The van der Waals surface area contributed by atoms with Crippen molar-refractivity contribution in [1.29, 1.82) is 0 Å². The van der Waals surface area contributed by atoms with E-state index < -0.39 is 17.7 Å². The van der Waals surface area contributed by atoms with Crippen LogP contribution < -0.4 is 15.5 Å². The molecular weight excluding hydrogens is 478 g/mol. The van der Waals surface area contributed by atoms with Gasteiger partial charge in [0.05, 0.1) is 11.4 Å². The number of halogens is 2. The molecular formula is C27H36F2N6O2. The molecule has 0 spiro atoms. The van der Waals surface area contributed by atoms with Crippen LogP contribution in [0.15, 0.2) is 29.7 Å². The van der Waals surface area contributed by atoms with Gasteiger partial charge in [-0.2, -0.15) is 0 Å². The maximum atomic E-state index is 14.8. The van der Waals surface area contributed by atoms with Crippen molar-refractivity contribution >= 4 is 23.4 Å². The first-order chi connectivity index (χ1) is 18.0. The predicted octanol–water partition coefficient (Wildman–Crippen LogP) is 5.55. The quantitative estimate of drug-likeness (QED) is 0.451. The second-order valence-electron chi connectivity index (χ2n) is 9.70. The Labute approximate surface area is 216 Å². The Bertz CT molecular complexity index is 1080. The van der Waals surface area contributed by atoms with Crippen molar-refractivity contribution < 1.29 is 18.4 Å². The molecule has 2 N–H and O–H groups in total. The van der Waals surface area contributed by atoms with E-state index in [0.29, 0.717) is 37.8 Å². The van der Waals surface area contributed by atoms with Crippen LogP contribution in [0.25, 0.3) is 0 Å². The van der Waals surface area contributed by atoms with Gasteiger partial charge in [-0.3, -0.25) is 0 Å². The molecule has 0 radical (unpaired) electrons. The first kappa shape index (κ1) is 26.8. The lowest BCUT2D eigenvalue weighted by Gasteiger charge is -2.31. The van der Waals surface area contributed by atoms with E-state index in [0.717, 1.165) is 62.1 Å². The third kappa shape index (κ3) is 7.14. The summed E-state index contributed by atoms with van der Waals surface area (Å²) < 4.78 is 29.4. The van der Waals surface area contributed by atoms with E-state index in [1.807, 2.05) is 19.3 Å². The van der Waals surface area contributed by atoms with Gasteiger partial charge in [0.1, 0.15) is 17.7 Å². The molecule has 1 aromatic heterocycles. The molecule has 1 aromatic carbocycles. The summed E-state index contributed by atoms with van der Waals surface area (Å²) in [6.45, 7) is 6.10. The number of urea groups is 1. The number of carbonyl (C=O) groups excluding carboxylic acids is 1. The van der Waals surface area contributed by atoms with Crippen LogP contribution in [0, 0.1) is 11.6 Å². The minimum Gasteiger partial charge on any atom is -0.392 e. The number of amides is 2. The van der Waals surface area contributed by atoms with Gasteiger partial charge in [0.2, 0.25) is 5.95 Å². The van der Waals surface area contributed by atoms with Crippen molar-refractivity contribution in [2.45, 2.75) is 77.2 Å². The second-order valence-corrected chi connectivity index (χ2v) is 9.70. The lowest BCUT2D eigenvalue weighted by Crippen LogP contribution is -2.37. The monoisotopic (exact) mass is 514 g/mol. The summed E-state index contributed by atoms with van der Waals surface area (Å²) >= 11 is 0. The minimum atomic E-state index is -0.635. The highest BCUT2D eigenvalue weighted by Gasteiger charge is 2.26. The Hall–Kier alpha value is -3.30. The number of nitrogens with zero attached hydrogens (tertiary/aromatic N) is 4. The third-order valence-corrected chi connectivity index (χ3v) is 7.03. The van der Waals surface area contributed by atoms with Gasteiger partial charge < -0.3 is 20.4 Å². The molecule has 1 saturated carbocycles. The maximum absolute atomic E-state index is 14.8. The first-order valence-corrected chi connectivity index (χ1v) is 13.3. The number of nitrogens with one attached hydrogen (secondary N) is 2. The smallest absolute Gasteiger partial charge is 0.319 e. The highest BCUT2D eigenvalue weighted by Crippen LogP contribution is 2.35. The van der Waals surface area contributed by atoms with Gasteiger partial charge in [-0.25, -0.2) is 23.5 Å². The normalized spacial score (nSPS) is 18.4. The van der Waals surface area contributed by atoms with Crippen LogP contribution in [0.4, 0.5) is 25.2 Å². The zero-order valence-electron chi connectivity index (χ0n) is 21.6. The highest BCUT2D eigenvalue weighted by atomic mass is 19.1. The van der Waals surface area contributed by atoms with Gasteiger partial charge in [-0.1, -0.05) is 19.0 Å². The Balaban J connectivity index is 1.24. The molecule has 2 heterocycles. The van der Waals surface area contributed by atoms with Gasteiger partial charge in [0, 0.05) is 50.9 Å². The van der Waals surface area contributed by atoms with Gasteiger partial charge in [-0.05, 0) is 61.6 Å². The van der Waals surface area contributed by atoms with E-state index in [2.05, 4.69) is 37.6 Å². The third-order valence-electron chi connectivity index (χ3n) is 7.03. The zero-order chi connectivity index (χ0) is 26.2. The molecule has 200 valence electrons. The molecule has 1 aliphatic carbocycles. The average Bonchev–Trinajstić information content (AvgIpc) is 2.93. The largest absolute Gasteiger partial charge is 0.392 e. The number of anilines is 2. The molecule has 1 saturated heterocycles. The predicted molar refractivity (Wildman–Crippen MR) is 140 cm³/mol. The molecule has 0 bridgehead atoms. The Morgan fingerprint density at radius 2 is 1.78 bits per heavy atom. The van der Waals surface area contributed by atoms with E-state index in [1.54, 1.807) is 0 Å². The number of piperidine rings is 1. The van der Waals surface area contributed by atoms with E-state index in [4.69, 9.17) is 4.84 Å². The Kier molecular flexibility index (Phi) is 9.24. The number of aromatic nitrogens is 2. The number of aryl methyl sites for hydroxylation is 1. The molecule has 0 unspecified atom stereocenters. The standard InChI is InChI=1S/C27H36F2N6O2/c1-3-11-30-27(36)33-25-15-23(28)22(14-24(25)29)19-5-7-20(8-6-19)34-37-21-9-12-35(13-10-21)26-31-16-18(4-2)17-32-26/h14-17,19,21H,3-13H2,1-2H3,(H2,30,33,36). The molecule has 10 heteroatoms. The molecule has 8 nitrogen and oxygen atoms in total. The van der Waals surface area contributed by atoms with Crippen LogP contribution in [0.5, 0.6) is 0 Å². The number of hydrogen-bond acceptors (Lipinski definition) is 6. The van der Waals surface area contributed by atoms with Gasteiger partial charge >= 0.3 is 6.03 Å². The summed E-state index contributed by atoms with van der Waals surface area (Å²) in [5.74, 6) is -0.482. The Morgan fingerprint density at radius 1 is 1.08 bits per heavy atom. The zero-order valence-corrected chi connectivity index (χ0v) is 21.6. The number of rotatable bonds is 8. The molecule has 2 fully saturated rings. The summed E-state index contributed by atoms with van der Waals surface area (Å²) in [6, 6.07) is 1.73. The minimum absolute atomic E-state index is 0.0532. The van der Waals surface area contributed by atoms with Crippen molar-refractivity contribution in [3.63, 3.8) is 0 Å². The molecule has 2 amide bonds. The van der Waals surface area contributed by atoms with Gasteiger partial charge in [-0.15, -0.1) is 0 Å². The van der Waals surface area contributed by atoms with Gasteiger partial charge in [0.15, 0.2) is 0 Å². The second kappa shape index (κ2) is 12.8. The average molecular weight is 515 g/mol. The Morgan fingerprint density at radius 3 is 2.43 bits per heavy atom. The lowest BCUT2D eigenvalue weighted by atomic mass is 9.83. The highest BCUT2D eigenvalue weighted by molar-refractivity contribution is 5.89. The van der Waals surface area contributed by atoms with Crippen molar-refractivity contribution in [1.82, 2.24) is 15.3 Å². The van der Waals surface area contributed by atoms with E-state index >= 15 is 0 Å². The number of benzene rings is 1. The van der Waals surface area contributed by atoms with Crippen molar-refractivity contribution in [3.05, 3.63) is 47.3 Å². The lowest BCUT2D eigenvalue weighted by molar-refractivity contribution is 0.0406. The first-order valence-electron chi connectivity index (χ1n) is 13.3. The number of oxime groups is 1. The van der Waals surface area contributed by atoms with Crippen molar-refractivity contribution in [2.75, 3.05) is 29.9 Å². The van der Waals surface area contributed by atoms with Crippen LogP contribution in [0.1, 0.15) is 75.8 Å². The van der Waals surface area contributed by atoms with Crippen LogP contribution in [0.2, 0.25) is 0 Å². The molecule has 1 aliphatic heterocycles. The molecule has 37 heavy (non-hydrogen) atoms. The van der Waals surface area contributed by atoms with E-state index in [1.165, 1.54) is 6.07 Å². The summed E-state index contributed by atoms with van der Waals surface area (Å²) in [4.78, 5) is 28.7. The van der Waals surface area contributed by atoms with Crippen LogP contribution in [-0.2, 0) is 11.3 Å². The molecule has 2 aliphatic rings.